The molecule has 0 saturated heterocycles. The van der Waals surface area contributed by atoms with Crippen molar-refractivity contribution in [1.82, 2.24) is 4.98 Å². The van der Waals surface area contributed by atoms with Crippen LogP contribution < -0.4 is 13.8 Å². The van der Waals surface area contributed by atoms with Crippen LogP contribution in [0.5, 0.6) is 5.75 Å². The van der Waals surface area contributed by atoms with Gasteiger partial charge in [0.1, 0.15) is 18.2 Å². The Bertz CT molecular complexity index is 1200. The maximum absolute atomic E-state index is 13.5. The Kier molecular flexibility index (Phi) is 7.74. The van der Waals surface area contributed by atoms with Crippen LogP contribution in [0.15, 0.2) is 65.7 Å². The minimum atomic E-state index is -3.75. The number of nitrogens with zero attached hydrogens (tertiary/aromatic N) is 3. The predicted octanol–water partition coefficient (Wildman–Crippen LogP) is 4.10. The number of sulfonamides is 1. The van der Waals surface area contributed by atoms with E-state index >= 15 is 0 Å². The molecule has 1 aromatic heterocycles. The van der Waals surface area contributed by atoms with Crippen molar-refractivity contribution in [2.24, 2.45) is 5.92 Å². The van der Waals surface area contributed by atoms with Gasteiger partial charge in [-0.1, -0.05) is 31.5 Å². The predicted molar refractivity (Wildman–Crippen MR) is 134 cm³/mol. The molecule has 0 atom stereocenters. The minimum absolute atomic E-state index is 0.159. The molecule has 4 radical (unpaired) electrons. The van der Waals surface area contributed by atoms with Crippen LogP contribution in [0.2, 0.25) is 0 Å². The summed E-state index contributed by atoms with van der Waals surface area (Å²) in [5.74, 6) is 1.12. The molecule has 2 aromatic carbocycles. The van der Waals surface area contributed by atoms with Gasteiger partial charge in [0, 0.05) is 12.7 Å². The SMILES string of the molecule is [B]N([B])c1cc(COc2ccc(S(=O)(=O)N(CC(C)C)c3ccc(C)cc3C)cc2)ccn1. The number of anilines is 2. The number of ether oxygens (including phenoxy) is 1. The summed E-state index contributed by atoms with van der Waals surface area (Å²) in [6.07, 6.45) is 1.59. The van der Waals surface area contributed by atoms with E-state index in [0.717, 1.165) is 21.4 Å². The van der Waals surface area contributed by atoms with Gasteiger partial charge < -0.3 is 9.46 Å². The van der Waals surface area contributed by atoms with Gasteiger partial charge in [0.25, 0.3) is 10.0 Å². The van der Waals surface area contributed by atoms with E-state index in [-0.39, 0.29) is 17.4 Å². The fourth-order valence-corrected chi connectivity index (χ4v) is 5.13. The molecule has 0 unspecified atom stereocenters. The maximum Gasteiger partial charge on any atom is 0.264 e. The van der Waals surface area contributed by atoms with E-state index < -0.39 is 10.0 Å². The largest absolute Gasteiger partial charge is 0.489 e. The molecule has 0 bridgehead atoms. The molecule has 0 aliphatic heterocycles. The lowest BCUT2D eigenvalue weighted by molar-refractivity contribution is 0.306. The van der Waals surface area contributed by atoms with Gasteiger partial charge in [-0.15, -0.1) is 0 Å². The first kappa shape index (κ1) is 24.7. The van der Waals surface area contributed by atoms with Crippen molar-refractivity contribution in [3.05, 3.63) is 77.5 Å². The van der Waals surface area contributed by atoms with Gasteiger partial charge in [-0.3, -0.25) is 4.31 Å². The Labute approximate surface area is 199 Å². The zero-order valence-corrected chi connectivity index (χ0v) is 20.2. The van der Waals surface area contributed by atoms with Gasteiger partial charge in [0.2, 0.25) is 16.0 Å². The van der Waals surface area contributed by atoms with Crippen LogP contribution in [0.4, 0.5) is 11.5 Å². The smallest absolute Gasteiger partial charge is 0.264 e. The fraction of sp³-hybridized carbons (Fsp3) is 0.292. The third-order valence-corrected chi connectivity index (χ3v) is 6.84. The molecule has 0 saturated carbocycles. The van der Waals surface area contributed by atoms with Crippen molar-refractivity contribution in [2.45, 2.75) is 39.2 Å². The minimum Gasteiger partial charge on any atom is -0.489 e. The first-order chi connectivity index (χ1) is 15.6. The van der Waals surface area contributed by atoms with Gasteiger partial charge in [-0.05, 0) is 73.4 Å². The number of pyridine rings is 1. The number of hydrogen-bond donors (Lipinski definition) is 0. The molecule has 6 nitrogen and oxygen atoms in total. The Balaban J connectivity index is 1.81. The lowest BCUT2D eigenvalue weighted by Crippen LogP contribution is -2.34. The van der Waals surface area contributed by atoms with Gasteiger partial charge in [0.15, 0.2) is 0 Å². The molecule has 3 aromatic rings. The molecule has 0 N–H and O–H groups in total. The zero-order valence-electron chi connectivity index (χ0n) is 19.4. The van der Waals surface area contributed by atoms with E-state index in [0.29, 0.717) is 23.8 Å². The Hall–Kier alpha value is -2.93. The van der Waals surface area contributed by atoms with E-state index in [2.05, 4.69) is 4.98 Å². The van der Waals surface area contributed by atoms with Crippen LogP contribution in [0, 0.1) is 19.8 Å². The average molecular weight is 459 g/mol. The molecule has 168 valence electrons. The molecule has 0 aliphatic carbocycles. The van der Waals surface area contributed by atoms with E-state index in [9.17, 15) is 8.42 Å². The topological polar surface area (TPSA) is 62.7 Å². The molecule has 0 amide bonds. The molecule has 3 rings (SSSR count). The van der Waals surface area contributed by atoms with Gasteiger partial charge in [0.05, 0.1) is 10.6 Å². The second kappa shape index (κ2) is 10.3. The van der Waals surface area contributed by atoms with Crippen LogP contribution in [0.1, 0.15) is 30.5 Å². The van der Waals surface area contributed by atoms with Crippen LogP contribution in [0.3, 0.4) is 0 Å². The molecule has 0 aliphatic rings. The molecular formula is C24H27B2N3O3S. The van der Waals surface area contributed by atoms with E-state index in [1.165, 1.54) is 4.31 Å². The fourth-order valence-electron chi connectivity index (χ4n) is 3.44. The summed E-state index contributed by atoms with van der Waals surface area (Å²) < 4.78 is 35.3. The van der Waals surface area contributed by atoms with Crippen molar-refractivity contribution in [3.63, 3.8) is 0 Å². The Morgan fingerprint density at radius 2 is 1.70 bits per heavy atom. The van der Waals surface area contributed by atoms with E-state index in [4.69, 9.17) is 20.7 Å². The van der Waals surface area contributed by atoms with Gasteiger partial charge >= 0.3 is 0 Å². The third-order valence-electron chi connectivity index (χ3n) is 5.04. The summed E-state index contributed by atoms with van der Waals surface area (Å²) in [5, 5.41) is 0. The third kappa shape index (κ3) is 6.10. The number of rotatable bonds is 9. The quantitative estimate of drug-likeness (QED) is 0.451. The van der Waals surface area contributed by atoms with Crippen molar-refractivity contribution in [2.75, 3.05) is 15.6 Å². The van der Waals surface area contributed by atoms with Crippen molar-refractivity contribution >= 4 is 37.5 Å². The second-order valence-corrected chi connectivity index (χ2v) is 10.3. The number of hydrogen-bond acceptors (Lipinski definition) is 5. The lowest BCUT2D eigenvalue weighted by Gasteiger charge is -2.28. The first-order valence-electron chi connectivity index (χ1n) is 10.6. The summed E-state index contributed by atoms with van der Waals surface area (Å²) in [5.41, 5.74) is 3.53. The van der Waals surface area contributed by atoms with Crippen LogP contribution in [-0.2, 0) is 16.6 Å². The average Bonchev–Trinajstić information content (AvgIpc) is 2.77. The van der Waals surface area contributed by atoms with Gasteiger partial charge in [-0.25, -0.2) is 13.4 Å². The summed E-state index contributed by atoms with van der Waals surface area (Å²) >= 11 is 0. The molecule has 0 fully saturated rings. The maximum atomic E-state index is 13.5. The van der Waals surface area contributed by atoms with Gasteiger partial charge in [-0.2, -0.15) is 0 Å². The van der Waals surface area contributed by atoms with Crippen molar-refractivity contribution in [1.29, 1.82) is 0 Å². The Morgan fingerprint density at radius 3 is 2.30 bits per heavy atom. The standard InChI is InChI=1S/C24H27B2N3O3S/c1-17(2)15-28(23-10-5-18(3)13-19(23)4)33(30,31)22-8-6-21(7-9-22)32-16-20-11-12-27-24(14-20)29(25)26/h5-14,17H,15-16H2,1-4H3. The number of aromatic nitrogens is 1. The first-order valence-corrected chi connectivity index (χ1v) is 12.1. The van der Waals surface area contributed by atoms with Crippen LogP contribution in [-0.4, -0.2) is 35.9 Å². The zero-order chi connectivity index (χ0) is 24.2. The van der Waals surface area contributed by atoms with E-state index in [1.807, 2.05) is 45.9 Å². The second-order valence-electron chi connectivity index (χ2n) is 8.41. The summed E-state index contributed by atoms with van der Waals surface area (Å²) in [4.78, 5) is 4.27. The number of aryl methyl sites for hydroxylation is 2. The summed E-state index contributed by atoms with van der Waals surface area (Å²) in [6, 6.07) is 15.8. The summed E-state index contributed by atoms with van der Waals surface area (Å²) in [7, 11) is 7.27. The van der Waals surface area contributed by atoms with E-state index in [1.54, 1.807) is 42.6 Å². The van der Waals surface area contributed by atoms with Crippen LogP contribution >= 0.6 is 0 Å². The highest BCUT2D eigenvalue weighted by molar-refractivity contribution is 7.92. The van der Waals surface area contributed by atoms with Crippen LogP contribution in [0.25, 0.3) is 0 Å². The lowest BCUT2D eigenvalue weighted by atomic mass is 10.1. The highest BCUT2D eigenvalue weighted by Gasteiger charge is 2.27. The monoisotopic (exact) mass is 459 g/mol. The molecule has 1 heterocycles. The Morgan fingerprint density at radius 1 is 1.00 bits per heavy atom. The van der Waals surface area contributed by atoms with Crippen molar-refractivity contribution < 1.29 is 13.2 Å². The summed E-state index contributed by atoms with van der Waals surface area (Å²) in [6.45, 7) is 8.57. The molecule has 0 spiro atoms. The molecule has 33 heavy (non-hydrogen) atoms. The van der Waals surface area contributed by atoms with Crippen molar-refractivity contribution in [3.8, 4) is 5.75 Å². The number of benzene rings is 2. The molecular weight excluding hydrogens is 432 g/mol. The highest BCUT2D eigenvalue weighted by Crippen LogP contribution is 2.29. The normalized spacial score (nSPS) is 11.4. The highest BCUT2D eigenvalue weighted by atomic mass is 32.2. The molecule has 9 heteroatoms.